The number of rotatable bonds is 6. The third kappa shape index (κ3) is 5.02. The van der Waals surface area contributed by atoms with E-state index in [9.17, 15) is 13.6 Å². The highest BCUT2D eigenvalue weighted by molar-refractivity contribution is 5.79. The molecule has 2 heterocycles. The van der Waals surface area contributed by atoms with E-state index in [0.717, 1.165) is 54.1 Å². The number of alkyl halides is 2. The fourth-order valence-corrected chi connectivity index (χ4v) is 5.11. The van der Waals surface area contributed by atoms with Crippen LogP contribution in [0, 0.1) is 25.2 Å². The van der Waals surface area contributed by atoms with Gasteiger partial charge in [-0.05, 0) is 63.5 Å². The van der Waals surface area contributed by atoms with Gasteiger partial charge in [0.05, 0.1) is 19.0 Å². The molecule has 33 heavy (non-hydrogen) atoms. The van der Waals surface area contributed by atoms with Crippen molar-refractivity contribution < 1.29 is 13.6 Å². The van der Waals surface area contributed by atoms with Gasteiger partial charge in [-0.15, -0.1) is 10.2 Å². The Hall–Kier alpha value is -2.57. The number of halogens is 2. The molecule has 0 spiro atoms. The SMILES string of the molecule is Cc1c(-c2ccccc2)nnc(N2CCC(NC(=O)C3CCC(CF)(CF)CC3)CC2)c1C. The van der Waals surface area contributed by atoms with Crippen LogP contribution in [0.2, 0.25) is 0 Å². The predicted octanol–water partition coefficient (Wildman–Crippen LogP) is 4.96. The molecule has 1 aromatic carbocycles. The maximum atomic E-state index is 13.2. The molecule has 0 atom stereocenters. The molecule has 1 amide bonds. The normalized spacial score (nSPS) is 19.5. The van der Waals surface area contributed by atoms with E-state index in [1.54, 1.807) is 0 Å². The first kappa shape index (κ1) is 23.6. The zero-order valence-corrected chi connectivity index (χ0v) is 19.6. The van der Waals surface area contributed by atoms with Crippen LogP contribution in [0.15, 0.2) is 30.3 Å². The Morgan fingerprint density at radius 1 is 1.00 bits per heavy atom. The third-order valence-corrected chi connectivity index (χ3v) is 7.67. The van der Waals surface area contributed by atoms with E-state index in [1.807, 2.05) is 30.3 Å². The van der Waals surface area contributed by atoms with Gasteiger partial charge in [0.15, 0.2) is 5.82 Å². The minimum Gasteiger partial charge on any atom is -0.355 e. The summed E-state index contributed by atoms with van der Waals surface area (Å²) in [7, 11) is 0. The van der Waals surface area contributed by atoms with Crippen LogP contribution in [-0.2, 0) is 4.79 Å². The molecule has 1 aromatic heterocycles. The minimum atomic E-state index is -0.852. The first-order chi connectivity index (χ1) is 16.0. The van der Waals surface area contributed by atoms with Gasteiger partial charge in [-0.25, -0.2) is 0 Å². The van der Waals surface area contributed by atoms with E-state index in [0.29, 0.717) is 25.7 Å². The lowest BCUT2D eigenvalue weighted by Crippen LogP contribution is -2.47. The quantitative estimate of drug-likeness (QED) is 0.667. The summed E-state index contributed by atoms with van der Waals surface area (Å²) in [5, 5.41) is 12.3. The van der Waals surface area contributed by atoms with Crippen molar-refractivity contribution in [2.75, 3.05) is 31.3 Å². The van der Waals surface area contributed by atoms with Crippen LogP contribution in [0.5, 0.6) is 0 Å². The zero-order valence-electron chi connectivity index (χ0n) is 19.6. The van der Waals surface area contributed by atoms with Crippen LogP contribution in [0.4, 0.5) is 14.6 Å². The van der Waals surface area contributed by atoms with Crippen LogP contribution in [0.3, 0.4) is 0 Å². The average Bonchev–Trinajstić information content (AvgIpc) is 2.87. The number of nitrogens with one attached hydrogen (secondary N) is 1. The van der Waals surface area contributed by atoms with Gasteiger partial charge >= 0.3 is 0 Å². The Balaban J connectivity index is 1.32. The van der Waals surface area contributed by atoms with Gasteiger partial charge in [-0.3, -0.25) is 13.6 Å². The Bertz CT molecular complexity index is 946. The summed E-state index contributed by atoms with van der Waals surface area (Å²) in [6.45, 7) is 4.53. The lowest BCUT2D eigenvalue weighted by Gasteiger charge is -2.37. The molecule has 0 bridgehead atoms. The van der Waals surface area contributed by atoms with Crippen LogP contribution < -0.4 is 10.2 Å². The third-order valence-electron chi connectivity index (χ3n) is 7.67. The maximum Gasteiger partial charge on any atom is 0.223 e. The Morgan fingerprint density at radius 2 is 1.64 bits per heavy atom. The first-order valence-electron chi connectivity index (χ1n) is 12.0. The van der Waals surface area contributed by atoms with Crippen LogP contribution in [0.25, 0.3) is 11.3 Å². The molecule has 2 aromatic rings. The van der Waals surface area contributed by atoms with Crippen LogP contribution in [-0.4, -0.2) is 48.6 Å². The van der Waals surface area contributed by atoms with E-state index < -0.39 is 18.8 Å². The molecule has 5 nitrogen and oxygen atoms in total. The second-order valence-electron chi connectivity index (χ2n) is 9.80. The molecule has 0 unspecified atom stereocenters. The minimum absolute atomic E-state index is 0.0406. The molecule has 1 saturated carbocycles. The maximum absolute atomic E-state index is 13.2. The second kappa shape index (κ2) is 10.1. The fourth-order valence-electron chi connectivity index (χ4n) is 5.11. The lowest BCUT2D eigenvalue weighted by molar-refractivity contribution is -0.128. The molecule has 4 rings (SSSR count). The van der Waals surface area contributed by atoms with E-state index >= 15 is 0 Å². The van der Waals surface area contributed by atoms with E-state index in [2.05, 4.69) is 34.3 Å². The summed E-state index contributed by atoms with van der Waals surface area (Å²) in [5.41, 5.74) is 3.40. The standard InChI is InChI=1S/C26H34F2N4O/c1-18-19(2)24(31-30-23(18)20-6-4-3-5-7-20)32-14-10-22(11-15-32)29-25(33)21-8-12-26(16-27,17-28)13-9-21/h3-7,21-22H,8-17H2,1-2H3,(H,29,33). The summed E-state index contributed by atoms with van der Waals surface area (Å²) in [5.74, 6) is 0.826. The number of benzene rings is 1. The predicted molar refractivity (Wildman–Crippen MR) is 127 cm³/mol. The van der Waals surface area contributed by atoms with Crippen molar-refractivity contribution in [2.45, 2.75) is 58.4 Å². The number of hydrogen-bond donors (Lipinski definition) is 1. The summed E-state index contributed by atoms with van der Waals surface area (Å²) >= 11 is 0. The Kier molecular flexibility index (Phi) is 7.25. The zero-order chi connectivity index (χ0) is 23.4. The summed E-state index contributed by atoms with van der Waals surface area (Å²) in [6.07, 6.45) is 3.73. The summed E-state index contributed by atoms with van der Waals surface area (Å²) in [6, 6.07) is 10.2. The van der Waals surface area contributed by atoms with Crippen molar-refractivity contribution >= 4 is 11.7 Å². The van der Waals surface area contributed by atoms with Gasteiger partial charge in [0, 0.05) is 36.0 Å². The number of nitrogens with zero attached hydrogens (tertiary/aromatic N) is 3. The second-order valence-corrected chi connectivity index (χ2v) is 9.80. The van der Waals surface area contributed by atoms with Crippen molar-refractivity contribution in [3.63, 3.8) is 0 Å². The molecular formula is C26H34F2N4O. The number of hydrogen-bond acceptors (Lipinski definition) is 4. The highest BCUT2D eigenvalue weighted by Gasteiger charge is 2.38. The number of piperidine rings is 1. The molecule has 2 fully saturated rings. The summed E-state index contributed by atoms with van der Waals surface area (Å²) in [4.78, 5) is 15.0. The molecule has 0 radical (unpaired) electrons. The van der Waals surface area contributed by atoms with Crippen LogP contribution >= 0.6 is 0 Å². The number of carbonyl (C=O) groups excluding carboxylic acids is 1. The average molecular weight is 457 g/mol. The first-order valence-corrected chi connectivity index (χ1v) is 12.0. The number of anilines is 1. The van der Waals surface area contributed by atoms with Gasteiger partial charge in [-0.1, -0.05) is 30.3 Å². The number of carbonyl (C=O) groups is 1. The van der Waals surface area contributed by atoms with E-state index in [4.69, 9.17) is 0 Å². The summed E-state index contributed by atoms with van der Waals surface area (Å²) < 4.78 is 26.4. The molecule has 2 aliphatic rings. The lowest BCUT2D eigenvalue weighted by atomic mass is 9.71. The van der Waals surface area contributed by atoms with Crippen molar-refractivity contribution in [3.8, 4) is 11.3 Å². The molecule has 178 valence electrons. The van der Waals surface area contributed by atoms with Crippen LogP contribution in [0.1, 0.15) is 49.7 Å². The highest BCUT2D eigenvalue weighted by Crippen LogP contribution is 2.40. The van der Waals surface area contributed by atoms with E-state index in [1.165, 1.54) is 0 Å². The Labute approximate surface area is 195 Å². The Morgan fingerprint density at radius 3 is 2.24 bits per heavy atom. The smallest absolute Gasteiger partial charge is 0.223 e. The molecule has 7 heteroatoms. The van der Waals surface area contributed by atoms with E-state index in [-0.39, 0.29) is 17.9 Å². The van der Waals surface area contributed by atoms with Gasteiger partial charge < -0.3 is 10.2 Å². The largest absolute Gasteiger partial charge is 0.355 e. The number of aromatic nitrogens is 2. The fraction of sp³-hybridized carbons (Fsp3) is 0.577. The molecule has 1 aliphatic carbocycles. The van der Waals surface area contributed by atoms with Gasteiger partial charge in [0.25, 0.3) is 0 Å². The molecule has 1 aliphatic heterocycles. The van der Waals surface area contributed by atoms with Crippen molar-refractivity contribution in [3.05, 3.63) is 41.5 Å². The van der Waals surface area contributed by atoms with Crippen molar-refractivity contribution in [1.82, 2.24) is 15.5 Å². The van der Waals surface area contributed by atoms with Gasteiger partial charge in [-0.2, -0.15) is 0 Å². The highest BCUT2D eigenvalue weighted by atomic mass is 19.1. The van der Waals surface area contributed by atoms with Gasteiger partial charge in [0.1, 0.15) is 0 Å². The van der Waals surface area contributed by atoms with Gasteiger partial charge in [0.2, 0.25) is 5.91 Å². The monoisotopic (exact) mass is 456 g/mol. The number of amides is 1. The van der Waals surface area contributed by atoms with Crippen molar-refractivity contribution in [1.29, 1.82) is 0 Å². The molecular weight excluding hydrogens is 422 g/mol. The van der Waals surface area contributed by atoms with Crippen molar-refractivity contribution in [2.24, 2.45) is 11.3 Å². The molecule has 1 N–H and O–H groups in total. The topological polar surface area (TPSA) is 58.1 Å². The molecule has 1 saturated heterocycles.